The third kappa shape index (κ3) is 1.98. The van der Waals surface area contributed by atoms with Gasteiger partial charge < -0.3 is 0 Å². The topological polar surface area (TPSA) is 37.4 Å². The molecule has 1 heterocycles. The van der Waals surface area contributed by atoms with Crippen molar-refractivity contribution < 1.29 is 9.59 Å². The Bertz CT molecular complexity index is 855. The van der Waals surface area contributed by atoms with Crippen molar-refractivity contribution in [1.29, 1.82) is 0 Å². The molecule has 0 aromatic heterocycles. The van der Waals surface area contributed by atoms with Gasteiger partial charge in [0.1, 0.15) is 0 Å². The first kappa shape index (κ1) is 17.1. The lowest BCUT2D eigenvalue weighted by Gasteiger charge is -2.38. The van der Waals surface area contributed by atoms with E-state index in [0.29, 0.717) is 15.8 Å². The predicted molar refractivity (Wildman–Crippen MR) is 102 cm³/mol. The fourth-order valence-corrected chi connectivity index (χ4v) is 6.85. The highest BCUT2D eigenvalue weighted by molar-refractivity contribution is 6.51. The summed E-state index contributed by atoms with van der Waals surface area (Å²) < 4.78 is 0. The number of benzene rings is 1. The summed E-state index contributed by atoms with van der Waals surface area (Å²) in [5.74, 6) is -1.39. The molecule has 6 unspecified atom stereocenters. The van der Waals surface area contributed by atoms with Crippen LogP contribution in [0.2, 0.25) is 0 Å². The fourth-order valence-electron chi connectivity index (χ4n) is 5.52. The molecule has 1 aromatic carbocycles. The summed E-state index contributed by atoms with van der Waals surface area (Å²) in [7, 11) is 0. The van der Waals surface area contributed by atoms with Gasteiger partial charge in [0.05, 0.1) is 27.6 Å². The minimum atomic E-state index is -0.367. The number of hydrogen-bond acceptors (Lipinski definition) is 2. The second-order valence-corrected chi connectivity index (χ2v) is 8.91. The highest BCUT2D eigenvalue weighted by Crippen LogP contribution is 2.68. The molecule has 5 rings (SSSR count). The number of imide groups is 1. The molecule has 1 aliphatic heterocycles. The zero-order valence-corrected chi connectivity index (χ0v) is 16.4. The van der Waals surface area contributed by atoms with Gasteiger partial charge in [0.15, 0.2) is 0 Å². The van der Waals surface area contributed by atoms with E-state index in [9.17, 15) is 9.59 Å². The van der Waals surface area contributed by atoms with Crippen molar-refractivity contribution in [1.82, 2.24) is 0 Å². The van der Waals surface area contributed by atoms with Crippen molar-refractivity contribution in [3.8, 4) is 0 Å². The first-order valence-corrected chi connectivity index (χ1v) is 9.98. The normalized spacial score (nSPS) is 38.4. The molecule has 2 bridgehead atoms. The van der Waals surface area contributed by atoms with E-state index in [1.54, 1.807) is 12.1 Å². The monoisotopic (exact) mass is 427 g/mol. The molecular weight excluding hydrogens is 416 g/mol. The summed E-state index contributed by atoms with van der Waals surface area (Å²) in [6.07, 6.45) is 0.742. The molecule has 6 atom stereocenters. The van der Waals surface area contributed by atoms with Gasteiger partial charge in [0.2, 0.25) is 11.8 Å². The molecule has 134 valence electrons. The van der Waals surface area contributed by atoms with Crippen LogP contribution in [0.3, 0.4) is 0 Å². The summed E-state index contributed by atoms with van der Waals surface area (Å²) in [6, 6.07) is 9.04. The molecule has 2 amide bonds. The van der Waals surface area contributed by atoms with E-state index < -0.39 is 0 Å². The fraction of sp³-hybridized carbons (Fsp3) is 0.368. The van der Waals surface area contributed by atoms with E-state index >= 15 is 0 Å². The van der Waals surface area contributed by atoms with Crippen molar-refractivity contribution in [3.63, 3.8) is 0 Å². The Balaban J connectivity index is 1.59. The molecule has 1 aromatic rings. The summed E-state index contributed by atoms with van der Waals surface area (Å²) in [4.78, 5) is 27.6. The number of amides is 2. The lowest BCUT2D eigenvalue weighted by atomic mass is 9.67. The van der Waals surface area contributed by atoms with Crippen LogP contribution in [0.4, 0.5) is 5.69 Å². The summed E-state index contributed by atoms with van der Waals surface area (Å²) in [6.45, 7) is 0. The number of nitrogens with zero attached hydrogens (tertiary/aromatic N) is 1. The van der Waals surface area contributed by atoms with Gasteiger partial charge in [-0.2, -0.15) is 0 Å². The number of fused-ring (bicyclic) bond motifs is 8. The molecule has 2 saturated carbocycles. The van der Waals surface area contributed by atoms with Gasteiger partial charge in [-0.05, 0) is 30.4 Å². The molecule has 7 heteroatoms. The lowest BCUT2D eigenvalue weighted by Crippen LogP contribution is -2.38. The maximum Gasteiger partial charge on any atom is 0.237 e. The maximum absolute atomic E-state index is 13.1. The van der Waals surface area contributed by atoms with E-state index in [1.807, 2.05) is 18.2 Å². The van der Waals surface area contributed by atoms with Gasteiger partial charge in [0.25, 0.3) is 0 Å². The number of para-hydroxylation sites is 1. The average Bonchev–Trinajstić information content (AvgIpc) is 3.28. The van der Waals surface area contributed by atoms with Crippen molar-refractivity contribution >= 4 is 63.9 Å². The molecule has 1 saturated heterocycles. The quantitative estimate of drug-likeness (QED) is 0.585. The van der Waals surface area contributed by atoms with Gasteiger partial charge in [-0.15, -0.1) is 0 Å². The van der Waals surface area contributed by atoms with Gasteiger partial charge in [0, 0.05) is 21.9 Å². The van der Waals surface area contributed by atoms with E-state index in [2.05, 4.69) is 0 Å². The van der Waals surface area contributed by atoms with Crippen molar-refractivity contribution in [2.24, 2.45) is 35.5 Å². The minimum absolute atomic E-state index is 0.0417. The predicted octanol–water partition coefficient (Wildman–Crippen LogP) is 5.07. The zero-order chi connectivity index (χ0) is 18.3. The van der Waals surface area contributed by atoms with Gasteiger partial charge >= 0.3 is 0 Å². The Labute approximate surface area is 170 Å². The maximum atomic E-state index is 13.1. The van der Waals surface area contributed by atoms with Crippen LogP contribution in [-0.4, -0.2) is 11.8 Å². The molecule has 3 fully saturated rings. The third-order valence-electron chi connectivity index (χ3n) is 6.39. The zero-order valence-electron chi connectivity index (χ0n) is 13.3. The second-order valence-electron chi connectivity index (χ2n) is 7.34. The van der Waals surface area contributed by atoms with E-state index in [-0.39, 0.29) is 57.4 Å². The summed E-state index contributed by atoms with van der Waals surface area (Å²) in [5.41, 5.74) is 0.610. The van der Waals surface area contributed by atoms with Gasteiger partial charge in [-0.25, -0.2) is 0 Å². The standard InChI is InChI=1S/C19H13Cl4NO2/c20-14-10-8-6-9(11(10)15(21)17(23)16(14)22)13-12(8)18(25)24(19(13)26)7-4-2-1-3-5-7/h1-5,8-13H,6H2. The first-order valence-electron chi connectivity index (χ1n) is 8.47. The number of anilines is 1. The molecule has 0 N–H and O–H groups in total. The molecule has 4 aliphatic rings. The van der Waals surface area contributed by atoms with Gasteiger partial charge in [-0.1, -0.05) is 64.6 Å². The summed E-state index contributed by atoms with van der Waals surface area (Å²) >= 11 is 25.5. The smallest absolute Gasteiger partial charge is 0.237 e. The molecule has 0 spiro atoms. The van der Waals surface area contributed by atoms with Crippen molar-refractivity contribution in [2.75, 3.05) is 4.90 Å². The van der Waals surface area contributed by atoms with Crippen LogP contribution >= 0.6 is 46.4 Å². The van der Waals surface area contributed by atoms with Crippen LogP contribution in [0, 0.1) is 35.5 Å². The van der Waals surface area contributed by atoms with Crippen LogP contribution in [0.1, 0.15) is 6.42 Å². The van der Waals surface area contributed by atoms with Crippen LogP contribution in [0.5, 0.6) is 0 Å². The van der Waals surface area contributed by atoms with Crippen molar-refractivity contribution in [2.45, 2.75) is 6.42 Å². The molecule has 26 heavy (non-hydrogen) atoms. The second kappa shape index (κ2) is 5.75. The SMILES string of the molecule is O=C1C2C3CC(C2C(=O)N1c1ccccc1)C1C(Cl)=C(Cl)C(Cl)=C(Cl)C31. The van der Waals surface area contributed by atoms with Crippen LogP contribution in [0.25, 0.3) is 0 Å². The Morgan fingerprint density at radius 1 is 0.731 bits per heavy atom. The molecule has 0 radical (unpaired) electrons. The number of rotatable bonds is 1. The largest absolute Gasteiger partial charge is 0.274 e. The minimum Gasteiger partial charge on any atom is -0.274 e. The van der Waals surface area contributed by atoms with E-state index in [4.69, 9.17) is 46.4 Å². The number of carbonyl (C=O) groups excluding carboxylic acids is 2. The molecular formula is C19H13Cl4NO2. The average molecular weight is 429 g/mol. The van der Waals surface area contributed by atoms with Crippen LogP contribution in [0.15, 0.2) is 50.5 Å². The Morgan fingerprint density at radius 3 is 1.65 bits per heavy atom. The Morgan fingerprint density at radius 2 is 1.19 bits per heavy atom. The molecule has 3 aliphatic carbocycles. The van der Waals surface area contributed by atoms with Crippen LogP contribution in [-0.2, 0) is 9.59 Å². The number of allylic oxidation sites excluding steroid dienone is 4. The first-order chi connectivity index (χ1) is 12.4. The van der Waals surface area contributed by atoms with Gasteiger partial charge in [-0.3, -0.25) is 14.5 Å². The van der Waals surface area contributed by atoms with E-state index in [0.717, 1.165) is 6.42 Å². The number of hydrogen-bond donors (Lipinski definition) is 0. The van der Waals surface area contributed by atoms with Crippen molar-refractivity contribution in [3.05, 3.63) is 50.5 Å². The highest BCUT2D eigenvalue weighted by atomic mass is 35.5. The Hall–Kier alpha value is -1.000. The van der Waals surface area contributed by atoms with Crippen LogP contribution < -0.4 is 4.90 Å². The lowest BCUT2D eigenvalue weighted by molar-refractivity contribution is -0.123. The Kier molecular flexibility index (Phi) is 3.78. The summed E-state index contributed by atoms with van der Waals surface area (Å²) in [5, 5.41) is 1.46. The van der Waals surface area contributed by atoms with E-state index in [1.165, 1.54) is 4.90 Å². The third-order valence-corrected chi connectivity index (χ3v) is 8.34. The number of halogens is 4. The highest BCUT2D eigenvalue weighted by Gasteiger charge is 2.69. The number of carbonyl (C=O) groups is 2. The molecule has 3 nitrogen and oxygen atoms in total.